The van der Waals surface area contributed by atoms with Gasteiger partial charge in [-0.05, 0) is 79.9 Å². The van der Waals surface area contributed by atoms with E-state index in [1.54, 1.807) is 19.2 Å². The van der Waals surface area contributed by atoms with E-state index in [0.717, 1.165) is 47.5 Å². The van der Waals surface area contributed by atoms with E-state index in [-0.39, 0.29) is 12.7 Å². The number of nitrogens with zero attached hydrogens (tertiary/aromatic N) is 1. The highest BCUT2D eigenvalue weighted by Gasteiger charge is 2.17. The van der Waals surface area contributed by atoms with Gasteiger partial charge in [-0.2, -0.15) is 0 Å². The molecule has 3 aromatic rings. The summed E-state index contributed by atoms with van der Waals surface area (Å²) < 4.78 is 16.9. The molecule has 0 amide bonds. The minimum atomic E-state index is -1.01. The topological polar surface area (TPSA) is 77.9 Å². The number of hydrogen-bond donors (Lipinski definition) is 1. The van der Waals surface area contributed by atoms with E-state index >= 15 is 0 Å². The number of carboxylic acids is 1. The summed E-state index contributed by atoms with van der Waals surface area (Å²) in [6, 6.07) is 19.2. The van der Waals surface area contributed by atoms with Gasteiger partial charge < -0.3 is 19.3 Å². The minimum Gasteiger partial charge on any atom is -0.497 e. The SMILES string of the molecule is CCCCC(Oc1ccc(OCC(=O)O)c(C)c1)c1cccc(-c2ccc(OC)cc2)n1. The van der Waals surface area contributed by atoms with Crippen molar-refractivity contribution in [2.45, 2.75) is 39.2 Å². The lowest BCUT2D eigenvalue weighted by Crippen LogP contribution is -2.11. The normalized spacial score (nSPS) is 11.6. The number of methoxy groups -OCH3 is 1. The molecule has 0 radical (unpaired) electrons. The van der Waals surface area contributed by atoms with Gasteiger partial charge in [0.2, 0.25) is 0 Å². The highest BCUT2D eigenvalue weighted by molar-refractivity contribution is 5.68. The number of carbonyl (C=O) groups is 1. The molecule has 3 rings (SSSR count). The van der Waals surface area contributed by atoms with Gasteiger partial charge in [-0.3, -0.25) is 0 Å². The molecule has 1 N–H and O–H groups in total. The number of hydrogen-bond acceptors (Lipinski definition) is 5. The number of carboxylic acid groups (broad SMARTS) is 1. The van der Waals surface area contributed by atoms with Crippen LogP contribution >= 0.6 is 0 Å². The van der Waals surface area contributed by atoms with E-state index < -0.39 is 5.97 Å². The summed E-state index contributed by atoms with van der Waals surface area (Å²) in [6.07, 6.45) is 2.71. The molecule has 0 aliphatic rings. The maximum atomic E-state index is 10.8. The summed E-state index contributed by atoms with van der Waals surface area (Å²) in [5.74, 6) is 1.03. The van der Waals surface area contributed by atoms with Crippen molar-refractivity contribution in [2.24, 2.45) is 0 Å². The van der Waals surface area contributed by atoms with Crippen LogP contribution in [0.4, 0.5) is 0 Å². The second kappa shape index (κ2) is 11.2. The van der Waals surface area contributed by atoms with Crippen molar-refractivity contribution < 1.29 is 24.1 Å². The van der Waals surface area contributed by atoms with Crippen LogP contribution in [-0.4, -0.2) is 29.8 Å². The van der Waals surface area contributed by atoms with Gasteiger partial charge in [0.25, 0.3) is 0 Å². The van der Waals surface area contributed by atoms with E-state index in [2.05, 4.69) is 6.92 Å². The van der Waals surface area contributed by atoms with Gasteiger partial charge in [0.15, 0.2) is 6.61 Å². The zero-order valence-electron chi connectivity index (χ0n) is 18.7. The molecule has 0 fully saturated rings. The number of unbranched alkanes of at least 4 members (excludes halogenated alkanes) is 1. The van der Waals surface area contributed by atoms with Crippen molar-refractivity contribution in [3.05, 3.63) is 71.9 Å². The summed E-state index contributed by atoms with van der Waals surface area (Å²) in [5, 5.41) is 8.82. The molecule has 1 heterocycles. The van der Waals surface area contributed by atoms with E-state index in [9.17, 15) is 4.79 Å². The molecule has 0 aliphatic carbocycles. The number of ether oxygens (including phenoxy) is 3. The second-order valence-electron chi connectivity index (χ2n) is 7.53. The Morgan fingerprint density at radius 3 is 2.47 bits per heavy atom. The Labute approximate surface area is 188 Å². The molecule has 0 aliphatic heterocycles. The number of aryl methyl sites for hydroxylation is 1. The van der Waals surface area contributed by atoms with Crippen molar-refractivity contribution in [2.75, 3.05) is 13.7 Å². The van der Waals surface area contributed by atoms with E-state index in [0.29, 0.717) is 11.5 Å². The molecule has 0 saturated heterocycles. The largest absolute Gasteiger partial charge is 0.497 e. The van der Waals surface area contributed by atoms with Crippen LogP contribution in [0.2, 0.25) is 0 Å². The van der Waals surface area contributed by atoms with E-state index in [4.69, 9.17) is 24.3 Å². The van der Waals surface area contributed by atoms with Crippen LogP contribution in [0.3, 0.4) is 0 Å². The molecule has 168 valence electrons. The summed E-state index contributed by atoms with van der Waals surface area (Å²) in [4.78, 5) is 15.6. The number of pyridine rings is 1. The molecule has 0 bridgehead atoms. The number of rotatable bonds is 11. The molecular weight excluding hydrogens is 406 g/mol. The van der Waals surface area contributed by atoms with E-state index in [1.807, 2.05) is 55.5 Å². The van der Waals surface area contributed by atoms with Gasteiger partial charge >= 0.3 is 5.97 Å². The summed E-state index contributed by atoms with van der Waals surface area (Å²) in [7, 11) is 1.65. The van der Waals surface area contributed by atoms with Crippen molar-refractivity contribution in [3.8, 4) is 28.5 Å². The average molecular weight is 436 g/mol. The van der Waals surface area contributed by atoms with Crippen LogP contribution in [0.15, 0.2) is 60.7 Å². The first-order chi connectivity index (χ1) is 15.5. The zero-order valence-corrected chi connectivity index (χ0v) is 18.7. The van der Waals surface area contributed by atoms with Gasteiger partial charge in [0.1, 0.15) is 23.4 Å². The molecule has 0 saturated carbocycles. The highest BCUT2D eigenvalue weighted by atomic mass is 16.5. The van der Waals surface area contributed by atoms with Crippen LogP contribution in [0.1, 0.15) is 43.5 Å². The predicted octanol–water partition coefficient (Wildman–Crippen LogP) is 5.84. The third-order valence-electron chi connectivity index (χ3n) is 5.08. The van der Waals surface area contributed by atoms with Crippen molar-refractivity contribution >= 4 is 5.97 Å². The van der Waals surface area contributed by atoms with Crippen LogP contribution in [0, 0.1) is 6.92 Å². The lowest BCUT2D eigenvalue weighted by Gasteiger charge is -2.20. The molecule has 6 nitrogen and oxygen atoms in total. The zero-order chi connectivity index (χ0) is 22.9. The van der Waals surface area contributed by atoms with Crippen molar-refractivity contribution in [1.29, 1.82) is 0 Å². The number of benzene rings is 2. The minimum absolute atomic E-state index is 0.196. The fraction of sp³-hybridized carbons (Fsp3) is 0.308. The highest BCUT2D eigenvalue weighted by Crippen LogP contribution is 2.30. The first kappa shape index (κ1) is 23.1. The molecule has 2 aromatic carbocycles. The smallest absolute Gasteiger partial charge is 0.341 e. The fourth-order valence-corrected chi connectivity index (χ4v) is 3.37. The monoisotopic (exact) mass is 435 g/mol. The molecular formula is C26H29NO5. The summed E-state index contributed by atoms with van der Waals surface area (Å²) in [6.45, 7) is 3.65. The van der Waals surface area contributed by atoms with E-state index in [1.165, 1.54) is 0 Å². The van der Waals surface area contributed by atoms with Crippen LogP contribution in [-0.2, 0) is 4.79 Å². The predicted molar refractivity (Wildman–Crippen MR) is 123 cm³/mol. The van der Waals surface area contributed by atoms with Crippen molar-refractivity contribution in [3.63, 3.8) is 0 Å². The Balaban J connectivity index is 1.82. The molecule has 6 heteroatoms. The van der Waals surface area contributed by atoms with Gasteiger partial charge in [0, 0.05) is 5.56 Å². The lowest BCUT2D eigenvalue weighted by atomic mass is 10.1. The van der Waals surface area contributed by atoms with Crippen LogP contribution < -0.4 is 14.2 Å². The molecule has 0 spiro atoms. The lowest BCUT2D eigenvalue weighted by molar-refractivity contribution is -0.139. The van der Waals surface area contributed by atoms with Gasteiger partial charge in [-0.25, -0.2) is 9.78 Å². The second-order valence-corrected chi connectivity index (χ2v) is 7.53. The van der Waals surface area contributed by atoms with Gasteiger partial charge in [0.05, 0.1) is 18.5 Å². The third kappa shape index (κ3) is 6.23. The standard InChI is InChI=1S/C26H29NO5/c1-4-5-9-25(32-21-14-15-24(18(2)16-21)31-17-26(28)29)23-8-6-7-22(27-23)19-10-12-20(30-3)13-11-19/h6-8,10-16,25H,4-5,9,17H2,1-3H3,(H,28,29). The van der Waals surface area contributed by atoms with Crippen LogP contribution in [0.5, 0.6) is 17.2 Å². The average Bonchev–Trinajstić information content (AvgIpc) is 2.81. The Hall–Kier alpha value is -3.54. The molecule has 1 aromatic heterocycles. The Morgan fingerprint density at radius 1 is 1.06 bits per heavy atom. The maximum absolute atomic E-state index is 10.8. The first-order valence-electron chi connectivity index (χ1n) is 10.7. The maximum Gasteiger partial charge on any atom is 0.341 e. The van der Waals surface area contributed by atoms with Gasteiger partial charge in [-0.15, -0.1) is 0 Å². The molecule has 1 unspecified atom stereocenters. The number of aliphatic carboxylic acids is 1. The Morgan fingerprint density at radius 2 is 1.81 bits per heavy atom. The molecule has 1 atom stereocenters. The third-order valence-corrected chi connectivity index (χ3v) is 5.08. The van der Waals surface area contributed by atoms with Gasteiger partial charge in [-0.1, -0.05) is 19.4 Å². The Bertz CT molecular complexity index is 1030. The summed E-state index contributed by atoms with van der Waals surface area (Å²) >= 11 is 0. The van der Waals surface area contributed by atoms with Crippen molar-refractivity contribution in [1.82, 2.24) is 4.98 Å². The first-order valence-corrected chi connectivity index (χ1v) is 10.7. The molecule has 32 heavy (non-hydrogen) atoms. The Kier molecular flexibility index (Phi) is 8.08. The summed E-state index contributed by atoms with van der Waals surface area (Å²) in [5.41, 5.74) is 3.58. The number of aromatic nitrogens is 1. The quantitative estimate of drug-likeness (QED) is 0.408. The van der Waals surface area contributed by atoms with Crippen LogP contribution in [0.25, 0.3) is 11.3 Å². The fourth-order valence-electron chi connectivity index (χ4n) is 3.37.